The Bertz CT molecular complexity index is 905. The molecular weight excluding hydrogens is 417 g/mol. The maximum Gasteiger partial charge on any atom is 0.219 e. The van der Waals surface area contributed by atoms with Gasteiger partial charge in [-0.15, -0.1) is 0 Å². The molecule has 0 radical (unpaired) electrons. The molecule has 4 rings (SSSR count). The number of halogens is 3. The van der Waals surface area contributed by atoms with E-state index < -0.39 is 17.6 Å². The number of likely N-dealkylation sites (N-methyl/N-ethyl adjacent to an activating group) is 1. The summed E-state index contributed by atoms with van der Waals surface area (Å²) in [4.78, 5) is 6.06. The number of likely N-dealkylation sites (tertiary alicyclic amines) is 1. The van der Waals surface area contributed by atoms with E-state index in [2.05, 4.69) is 20.5 Å². The van der Waals surface area contributed by atoms with Crippen molar-refractivity contribution < 1.29 is 17.9 Å². The summed E-state index contributed by atoms with van der Waals surface area (Å²) in [6, 6.07) is 5.46. The van der Waals surface area contributed by atoms with E-state index in [0.29, 0.717) is 11.5 Å². The largest absolute Gasteiger partial charge is 0.485 e. The summed E-state index contributed by atoms with van der Waals surface area (Å²) < 4.78 is 47.9. The molecule has 0 spiro atoms. The summed E-state index contributed by atoms with van der Waals surface area (Å²) in [5.74, 6) is -1.43. The molecule has 1 saturated carbocycles. The number of nitrogens with one attached hydrogen (secondary N) is 2. The van der Waals surface area contributed by atoms with Crippen LogP contribution in [0.25, 0.3) is 0 Å². The van der Waals surface area contributed by atoms with Crippen LogP contribution in [-0.2, 0) is 6.61 Å². The van der Waals surface area contributed by atoms with Gasteiger partial charge in [0, 0.05) is 48.4 Å². The normalized spacial score (nSPS) is 21.6. The van der Waals surface area contributed by atoms with Crippen LogP contribution in [0.4, 0.5) is 13.2 Å². The highest BCUT2D eigenvalue weighted by Crippen LogP contribution is 2.46. The van der Waals surface area contributed by atoms with Gasteiger partial charge in [-0.2, -0.15) is 4.39 Å². The van der Waals surface area contributed by atoms with Crippen molar-refractivity contribution in [3.05, 3.63) is 59.2 Å². The van der Waals surface area contributed by atoms with Crippen LogP contribution in [0.15, 0.2) is 30.5 Å². The van der Waals surface area contributed by atoms with Crippen LogP contribution < -0.4 is 15.4 Å². The van der Waals surface area contributed by atoms with Crippen molar-refractivity contribution in [1.82, 2.24) is 20.5 Å². The molecule has 1 aromatic carbocycles. The Morgan fingerprint density at radius 1 is 1.19 bits per heavy atom. The molecule has 2 aromatic rings. The smallest absolute Gasteiger partial charge is 0.219 e. The molecule has 174 valence electrons. The van der Waals surface area contributed by atoms with E-state index in [1.165, 1.54) is 18.3 Å². The van der Waals surface area contributed by atoms with E-state index in [1.54, 1.807) is 6.07 Å². The van der Waals surface area contributed by atoms with Crippen LogP contribution in [0.1, 0.15) is 36.3 Å². The zero-order valence-corrected chi connectivity index (χ0v) is 18.4. The summed E-state index contributed by atoms with van der Waals surface area (Å²) in [7, 11) is 1.97. The molecule has 0 bridgehead atoms. The van der Waals surface area contributed by atoms with Gasteiger partial charge in [0.1, 0.15) is 12.4 Å². The van der Waals surface area contributed by atoms with Crippen LogP contribution in [0, 0.1) is 23.5 Å². The minimum absolute atomic E-state index is 0.00166. The van der Waals surface area contributed by atoms with E-state index in [0.717, 1.165) is 58.1 Å². The summed E-state index contributed by atoms with van der Waals surface area (Å²) in [6.07, 6.45) is 4.47. The highest BCUT2D eigenvalue weighted by Gasteiger charge is 2.41. The Labute approximate surface area is 187 Å². The fourth-order valence-electron chi connectivity index (χ4n) is 4.45. The third-order valence-corrected chi connectivity index (χ3v) is 6.49. The standard InChI is InChI=1S/C24H31F3N4O/c1-28-7-10-31-8-4-16(5-9-31)14-30-22-13-19(22)20-11-18(25)12-21(26)23(20)32-15-17-3-2-6-29-24(17)27/h2-3,6,11-12,16,19,22,28,30H,4-5,7-10,13-15H2,1H3/t19-,22+/m0/s1. The quantitative estimate of drug-likeness (QED) is 0.546. The van der Waals surface area contributed by atoms with Gasteiger partial charge in [-0.3, -0.25) is 0 Å². The van der Waals surface area contributed by atoms with Gasteiger partial charge in [0.05, 0.1) is 0 Å². The van der Waals surface area contributed by atoms with Crippen LogP contribution >= 0.6 is 0 Å². The van der Waals surface area contributed by atoms with E-state index in [1.807, 2.05) is 7.05 Å². The minimum Gasteiger partial charge on any atom is -0.485 e. The number of aromatic nitrogens is 1. The molecule has 2 heterocycles. The van der Waals surface area contributed by atoms with Gasteiger partial charge in [-0.05, 0) is 70.1 Å². The monoisotopic (exact) mass is 448 g/mol. The van der Waals surface area contributed by atoms with Crippen molar-refractivity contribution in [3.8, 4) is 5.75 Å². The average molecular weight is 449 g/mol. The van der Waals surface area contributed by atoms with Gasteiger partial charge in [-0.1, -0.05) is 0 Å². The molecule has 1 aliphatic heterocycles. The van der Waals surface area contributed by atoms with Crippen molar-refractivity contribution >= 4 is 0 Å². The topological polar surface area (TPSA) is 49.4 Å². The SMILES string of the molecule is CNCCN1CCC(CN[C@@H]2C[C@H]2c2cc(F)cc(F)c2OCc2cccnc2F)CC1. The number of piperidine rings is 1. The first-order valence-electron chi connectivity index (χ1n) is 11.4. The van der Waals surface area contributed by atoms with Gasteiger partial charge >= 0.3 is 0 Å². The summed E-state index contributed by atoms with van der Waals surface area (Å²) in [6.45, 7) is 5.06. The lowest BCUT2D eigenvalue weighted by Crippen LogP contribution is -2.40. The number of benzene rings is 1. The van der Waals surface area contributed by atoms with Gasteiger partial charge in [0.25, 0.3) is 0 Å². The Hall–Kier alpha value is -2.16. The summed E-state index contributed by atoms with van der Waals surface area (Å²) >= 11 is 0. The molecule has 2 fully saturated rings. The third-order valence-electron chi connectivity index (χ3n) is 6.49. The molecule has 2 aliphatic rings. The van der Waals surface area contributed by atoms with Crippen molar-refractivity contribution in [2.24, 2.45) is 5.92 Å². The number of rotatable bonds is 10. The third kappa shape index (κ3) is 5.79. The Kier molecular flexibility index (Phi) is 7.65. The van der Waals surface area contributed by atoms with Gasteiger partial charge in [0.2, 0.25) is 5.95 Å². The van der Waals surface area contributed by atoms with Crippen LogP contribution in [0.5, 0.6) is 5.75 Å². The Balaban J connectivity index is 1.32. The van der Waals surface area contributed by atoms with E-state index in [-0.39, 0.29) is 29.9 Å². The summed E-state index contributed by atoms with van der Waals surface area (Å²) in [5.41, 5.74) is 0.736. The molecule has 0 unspecified atom stereocenters. The van der Waals surface area contributed by atoms with Gasteiger partial charge < -0.3 is 20.3 Å². The molecule has 2 N–H and O–H groups in total. The average Bonchev–Trinajstić information content (AvgIpc) is 3.56. The molecule has 1 aliphatic carbocycles. The second-order valence-electron chi connectivity index (χ2n) is 8.79. The van der Waals surface area contributed by atoms with Crippen molar-refractivity contribution in [2.75, 3.05) is 39.8 Å². The van der Waals surface area contributed by atoms with Crippen molar-refractivity contribution in [3.63, 3.8) is 0 Å². The lowest BCUT2D eigenvalue weighted by molar-refractivity contribution is 0.183. The number of pyridine rings is 1. The first-order chi connectivity index (χ1) is 15.5. The highest BCUT2D eigenvalue weighted by atomic mass is 19.1. The Morgan fingerprint density at radius 3 is 2.75 bits per heavy atom. The van der Waals surface area contributed by atoms with Crippen LogP contribution in [-0.4, -0.2) is 55.7 Å². The van der Waals surface area contributed by atoms with E-state index in [9.17, 15) is 13.2 Å². The molecule has 8 heteroatoms. The van der Waals surface area contributed by atoms with Crippen LogP contribution in [0.3, 0.4) is 0 Å². The fourth-order valence-corrected chi connectivity index (χ4v) is 4.45. The fraction of sp³-hybridized carbons (Fsp3) is 0.542. The first kappa shape index (κ1) is 23.0. The number of hydrogen-bond donors (Lipinski definition) is 2. The minimum atomic E-state index is -0.760. The number of hydrogen-bond acceptors (Lipinski definition) is 5. The van der Waals surface area contributed by atoms with Gasteiger partial charge in [-0.25, -0.2) is 13.8 Å². The van der Waals surface area contributed by atoms with E-state index in [4.69, 9.17) is 4.74 Å². The lowest BCUT2D eigenvalue weighted by atomic mass is 9.96. The van der Waals surface area contributed by atoms with Crippen molar-refractivity contribution in [1.29, 1.82) is 0 Å². The predicted molar refractivity (Wildman–Crippen MR) is 117 cm³/mol. The maximum atomic E-state index is 14.5. The van der Waals surface area contributed by atoms with Crippen molar-refractivity contribution in [2.45, 2.75) is 37.8 Å². The highest BCUT2D eigenvalue weighted by molar-refractivity contribution is 5.42. The molecule has 1 aromatic heterocycles. The molecular formula is C24H31F3N4O. The molecule has 5 nitrogen and oxygen atoms in total. The van der Waals surface area contributed by atoms with Gasteiger partial charge in [0.15, 0.2) is 11.6 Å². The second-order valence-corrected chi connectivity index (χ2v) is 8.79. The van der Waals surface area contributed by atoms with Crippen LogP contribution in [0.2, 0.25) is 0 Å². The van der Waals surface area contributed by atoms with E-state index >= 15 is 0 Å². The zero-order chi connectivity index (χ0) is 22.5. The summed E-state index contributed by atoms with van der Waals surface area (Å²) in [5, 5.41) is 6.77. The first-order valence-corrected chi connectivity index (χ1v) is 11.4. The maximum absolute atomic E-state index is 14.5. The number of nitrogens with zero attached hydrogens (tertiary/aromatic N) is 2. The Morgan fingerprint density at radius 2 is 2.00 bits per heavy atom. The predicted octanol–water partition coefficient (Wildman–Crippen LogP) is 3.45. The lowest BCUT2D eigenvalue weighted by Gasteiger charge is -2.32. The molecule has 1 saturated heterocycles. The zero-order valence-electron chi connectivity index (χ0n) is 18.4. The molecule has 32 heavy (non-hydrogen) atoms. The molecule has 2 atom stereocenters. The number of ether oxygens (including phenoxy) is 1. The second kappa shape index (κ2) is 10.6. The molecule has 0 amide bonds.